The van der Waals surface area contributed by atoms with E-state index in [1.54, 1.807) is 22.7 Å². The number of carbonyl (C=O) groups excluding carboxylic acids is 2. The van der Waals surface area contributed by atoms with Crippen LogP contribution in [-0.4, -0.2) is 24.9 Å². The number of amides is 2. The molecule has 0 saturated heterocycles. The molecular weight excluding hydrogens is 484 g/mol. The number of anilines is 2. The van der Waals surface area contributed by atoms with Crippen LogP contribution in [-0.2, 0) is 9.59 Å². The molecule has 0 radical (unpaired) electrons. The van der Waals surface area contributed by atoms with Crippen LogP contribution in [0.3, 0.4) is 0 Å². The molecule has 2 aliphatic rings. The summed E-state index contributed by atoms with van der Waals surface area (Å²) in [6.07, 6.45) is 9.11. The smallest absolute Gasteiger partial charge is 0.260 e. The molecule has 2 aromatic rings. The summed E-state index contributed by atoms with van der Waals surface area (Å²) in [6.45, 7) is 14.6. The van der Waals surface area contributed by atoms with Crippen LogP contribution < -0.4 is 9.80 Å². The van der Waals surface area contributed by atoms with Crippen LogP contribution >= 0.6 is 22.7 Å². The van der Waals surface area contributed by atoms with Crippen molar-refractivity contribution in [2.45, 2.75) is 92.9 Å². The van der Waals surface area contributed by atoms with Crippen molar-refractivity contribution < 1.29 is 9.59 Å². The number of carbonyl (C=O) groups is 2. The fourth-order valence-corrected chi connectivity index (χ4v) is 7.71. The molecule has 0 aromatic carbocycles. The number of hydrogen-bond acceptors (Lipinski definition) is 4. The van der Waals surface area contributed by atoms with Gasteiger partial charge in [-0.15, -0.1) is 22.7 Å². The Balaban J connectivity index is 1.75. The van der Waals surface area contributed by atoms with Crippen molar-refractivity contribution in [3.63, 3.8) is 0 Å². The summed E-state index contributed by atoms with van der Waals surface area (Å²) < 4.78 is 0. The molecule has 0 saturated carbocycles. The first-order chi connectivity index (χ1) is 17.3. The Labute approximate surface area is 225 Å². The van der Waals surface area contributed by atoms with Crippen LogP contribution in [0.5, 0.6) is 0 Å². The maximum Gasteiger partial charge on any atom is 0.260 e. The summed E-state index contributed by atoms with van der Waals surface area (Å²) in [5, 5.41) is 0. The molecule has 0 bridgehead atoms. The average Bonchev–Trinajstić information content (AvgIpc) is 3.55. The second-order valence-corrected chi connectivity index (χ2v) is 13.1. The zero-order valence-corrected chi connectivity index (χ0v) is 24.5. The molecule has 0 spiro atoms. The normalized spacial score (nSPS) is 18.8. The minimum atomic E-state index is 0.0198. The highest BCUT2D eigenvalue weighted by Crippen LogP contribution is 2.52. The fraction of sp³-hybridized carbons (Fsp3) is 0.600. The third-order valence-electron chi connectivity index (χ3n) is 7.84. The molecule has 2 amide bonds. The highest BCUT2D eigenvalue weighted by Gasteiger charge is 2.44. The lowest BCUT2D eigenvalue weighted by Gasteiger charge is -2.24. The Morgan fingerprint density at radius 1 is 0.694 bits per heavy atom. The van der Waals surface area contributed by atoms with Crippen LogP contribution in [0.4, 0.5) is 11.4 Å². The van der Waals surface area contributed by atoms with Crippen LogP contribution in [0, 0.1) is 25.7 Å². The molecule has 0 fully saturated rings. The molecule has 4 nitrogen and oxygen atoms in total. The SMILES string of the molecule is CCCCC(CC)CN1C(=O)/C(=C2/C(=O)N(CC(CC)CCCC)c3cc(C)sc32)c2sc(C)cc21. The van der Waals surface area contributed by atoms with Gasteiger partial charge in [0, 0.05) is 22.8 Å². The third-order valence-corrected chi connectivity index (χ3v) is 9.96. The summed E-state index contributed by atoms with van der Waals surface area (Å²) in [7, 11) is 0. The van der Waals surface area contributed by atoms with Gasteiger partial charge in [0.1, 0.15) is 0 Å². The minimum Gasteiger partial charge on any atom is -0.307 e. The lowest BCUT2D eigenvalue weighted by molar-refractivity contribution is -0.114. The van der Waals surface area contributed by atoms with Gasteiger partial charge in [-0.25, -0.2) is 0 Å². The van der Waals surface area contributed by atoms with E-state index in [-0.39, 0.29) is 11.8 Å². The van der Waals surface area contributed by atoms with Crippen molar-refractivity contribution in [1.29, 1.82) is 0 Å². The molecule has 36 heavy (non-hydrogen) atoms. The van der Waals surface area contributed by atoms with Gasteiger partial charge in [-0.3, -0.25) is 9.59 Å². The van der Waals surface area contributed by atoms with E-state index in [1.165, 1.54) is 35.4 Å². The molecule has 2 atom stereocenters. The van der Waals surface area contributed by atoms with Crippen LogP contribution in [0.25, 0.3) is 11.1 Å². The molecule has 4 heterocycles. The number of thiophene rings is 2. The highest BCUT2D eigenvalue weighted by atomic mass is 32.1. The first-order valence-corrected chi connectivity index (χ1v) is 15.6. The second kappa shape index (κ2) is 11.6. The third kappa shape index (κ3) is 5.08. The molecule has 2 aromatic heterocycles. The summed E-state index contributed by atoms with van der Waals surface area (Å²) in [5.74, 6) is 0.994. The topological polar surface area (TPSA) is 40.6 Å². The number of nitrogens with zero attached hydrogens (tertiary/aromatic N) is 2. The van der Waals surface area contributed by atoms with Crippen LogP contribution in [0.1, 0.15) is 98.6 Å². The number of aryl methyl sites for hydroxylation is 2. The van der Waals surface area contributed by atoms with Gasteiger partial charge in [0.2, 0.25) is 0 Å². The Bertz CT molecular complexity index is 1050. The minimum absolute atomic E-state index is 0.0198. The van der Waals surface area contributed by atoms with E-state index < -0.39 is 0 Å². The van der Waals surface area contributed by atoms with Crippen molar-refractivity contribution >= 4 is 57.0 Å². The predicted octanol–water partition coefficient (Wildman–Crippen LogP) is 8.46. The molecular formula is C30H42N2O2S2. The van der Waals surface area contributed by atoms with Gasteiger partial charge in [-0.1, -0.05) is 66.2 Å². The van der Waals surface area contributed by atoms with Gasteiger partial charge in [0.05, 0.1) is 32.3 Å². The summed E-state index contributed by atoms with van der Waals surface area (Å²) in [5.41, 5.74) is 3.31. The van der Waals surface area contributed by atoms with Crippen molar-refractivity contribution in [3.05, 3.63) is 31.6 Å². The summed E-state index contributed by atoms with van der Waals surface area (Å²) in [4.78, 5) is 36.4. The van der Waals surface area contributed by atoms with Gasteiger partial charge >= 0.3 is 0 Å². The largest absolute Gasteiger partial charge is 0.307 e. The average molecular weight is 527 g/mol. The van der Waals surface area contributed by atoms with Crippen molar-refractivity contribution in [1.82, 2.24) is 0 Å². The summed E-state index contributed by atoms with van der Waals surface area (Å²) >= 11 is 3.32. The van der Waals surface area contributed by atoms with Gasteiger partial charge in [-0.05, 0) is 50.7 Å². The lowest BCUT2D eigenvalue weighted by atomic mass is 9.98. The van der Waals surface area contributed by atoms with Crippen molar-refractivity contribution in [2.75, 3.05) is 22.9 Å². The number of unbranched alkanes of at least 4 members (excludes halogenated alkanes) is 2. The molecule has 2 unspecified atom stereocenters. The van der Waals surface area contributed by atoms with Crippen molar-refractivity contribution in [2.24, 2.45) is 11.8 Å². The number of rotatable bonds is 12. The zero-order valence-electron chi connectivity index (χ0n) is 22.9. The van der Waals surface area contributed by atoms with E-state index in [9.17, 15) is 9.59 Å². The van der Waals surface area contributed by atoms with E-state index in [0.717, 1.165) is 59.9 Å². The fourth-order valence-electron chi connectivity index (χ4n) is 5.60. The highest BCUT2D eigenvalue weighted by molar-refractivity contribution is 7.16. The standard InChI is InChI=1S/C30H42N2O2S2/c1-7-11-13-21(9-3)17-31-23-15-19(5)35-27(23)25(29(31)33)26-28-24(16-20(6)36-28)32(30(26)34)18-22(10-4)14-12-8-2/h15-16,21-22H,7-14,17-18H2,1-6H3/b26-25+. The molecule has 0 N–H and O–H groups in total. The lowest BCUT2D eigenvalue weighted by Crippen LogP contribution is -2.34. The first kappa shape index (κ1) is 27.1. The Morgan fingerprint density at radius 2 is 1.08 bits per heavy atom. The number of fused-ring (bicyclic) bond motifs is 2. The van der Waals surface area contributed by atoms with Gasteiger partial charge in [-0.2, -0.15) is 0 Å². The maximum absolute atomic E-state index is 14.0. The monoisotopic (exact) mass is 526 g/mol. The van der Waals surface area contributed by atoms with E-state index in [0.29, 0.717) is 23.0 Å². The molecule has 6 heteroatoms. The Morgan fingerprint density at radius 3 is 1.42 bits per heavy atom. The molecule has 196 valence electrons. The zero-order chi connectivity index (χ0) is 26.0. The molecule has 0 aliphatic carbocycles. The van der Waals surface area contributed by atoms with E-state index in [1.807, 2.05) is 9.80 Å². The van der Waals surface area contributed by atoms with Gasteiger partial charge in [0.15, 0.2) is 0 Å². The number of hydrogen-bond donors (Lipinski definition) is 0. The first-order valence-electron chi connectivity index (χ1n) is 13.9. The summed E-state index contributed by atoms with van der Waals surface area (Å²) in [6, 6.07) is 4.29. The van der Waals surface area contributed by atoms with Crippen molar-refractivity contribution in [3.8, 4) is 0 Å². The second-order valence-electron chi connectivity index (χ2n) is 10.6. The quantitative estimate of drug-likeness (QED) is 0.260. The predicted molar refractivity (Wildman–Crippen MR) is 156 cm³/mol. The maximum atomic E-state index is 14.0. The van der Waals surface area contributed by atoms with Crippen LogP contribution in [0.15, 0.2) is 12.1 Å². The van der Waals surface area contributed by atoms with Gasteiger partial charge < -0.3 is 9.80 Å². The van der Waals surface area contributed by atoms with E-state index in [4.69, 9.17) is 0 Å². The molecule has 2 aliphatic heterocycles. The van der Waals surface area contributed by atoms with Crippen LogP contribution in [0.2, 0.25) is 0 Å². The Kier molecular flexibility index (Phi) is 8.77. The van der Waals surface area contributed by atoms with E-state index >= 15 is 0 Å². The molecule has 4 rings (SSSR count). The Hall–Kier alpha value is -1.92. The van der Waals surface area contributed by atoms with E-state index in [2.05, 4.69) is 53.7 Å². The van der Waals surface area contributed by atoms with Gasteiger partial charge in [0.25, 0.3) is 11.8 Å².